The zero-order valence-corrected chi connectivity index (χ0v) is 12.4. The summed E-state index contributed by atoms with van der Waals surface area (Å²) in [6.07, 6.45) is 0. The molecule has 0 saturated heterocycles. The van der Waals surface area contributed by atoms with Crippen LogP contribution in [0.5, 0.6) is 17.2 Å². The molecular formula is C15H18O6. The highest BCUT2D eigenvalue weighted by atomic mass is 16.6. The van der Waals surface area contributed by atoms with Crippen LogP contribution < -0.4 is 4.74 Å². The maximum Gasteiger partial charge on any atom is 0.346 e. The highest BCUT2D eigenvalue weighted by Crippen LogP contribution is 2.37. The van der Waals surface area contributed by atoms with Crippen LogP contribution in [-0.4, -0.2) is 27.8 Å². The summed E-state index contributed by atoms with van der Waals surface area (Å²) in [5.41, 5.74) is -1.11. The van der Waals surface area contributed by atoms with Gasteiger partial charge in [0, 0.05) is 5.57 Å². The first kappa shape index (κ1) is 16.6. The van der Waals surface area contributed by atoms with Gasteiger partial charge in [0.05, 0.1) is 0 Å². The number of hydrogen-bond donors (Lipinski definition) is 2. The number of carbonyl (C=O) groups is 2. The van der Waals surface area contributed by atoms with Gasteiger partial charge in [-0.15, -0.1) is 0 Å². The Morgan fingerprint density at radius 3 is 2.24 bits per heavy atom. The van der Waals surface area contributed by atoms with Crippen molar-refractivity contribution in [1.82, 2.24) is 0 Å². The minimum atomic E-state index is -0.916. The second-order valence-corrected chi connectivity index (χ2v) is 5.48. The van der Waals surface area contributed by atoms with Crippen LogP contribution in [0.25, 0.3) is 0 Å². The predicted molar refractivity (Wildman–Crippen MR) is 75.4 cm³/mol. The van der Waals surface area contributed by atoms with Gasteiger partial charge in [0.25, 0.3) is 0 Å². The van der Waals surface area contributed by atoms with Crippen LogP contribution in [0, 0.1) is 0 Å². The van der Waals surface area contributed by atoms with Gasteiger partial charge in [-0.05, 0) is 39.8 Å². The lowest BCUT2D eigenvalue weighted by atomic mass is 10.1. The van der Waals surface area contributed by atoms with E-state index in [-0.39, 0.29) is 11.3 Å². The molecule has 0 saturated carbocycles. The van der Waals surface area contributed by atoms with Crippen molar-refractivity contribution in [2.75, 3.05) is 0 Å². The molecule has 0 amide bonds. The van der Waals surface area contributed by atoms with E-state index >= 15 is 0 Å². The minimum Gasteiger partial charge on any atom is -0.504 e. The SMILES string of the molecule is C=C(C)C(=O)Oc1ccc(O)c(O)c1C(=O)OC(C)(C)C. The van der Waals surface area contributed by atoms with Crippen molar-refractivity contribution >= 4 is 11.9 Å². The summed E-state index contributed by atoms with van der Waals surface area (Å²) in [5.74, 6) is -3.12. The standard InChI is InChI=1S/C15H18O6/c1-8(2)13(18)20-10-7-6-9(16)12(17)11(10)14(19)21-15(3,4)5/h6-7,16-17H,1H2,2-5H3. The Morgan fingerprint density at radius 2 is 1.76 bits per heavy atom. The highest BCUT2D eigenvalue weighted by Gasteiger charge is 2.27. The lowest BCUT2D eigenvalue weighted by Gasteiger charge is -2.21. The van der Waals surface area contributed by atoms with Gasteiger partial charge in [-0.3, -0.25) is 0 Å². The maximum absolute atomic E-state index is 12.1. The second kappa shape index (κ2) is 5.87. The molecule has 0 aromatic heterocycles. The van der Waals surface area contributed by atoms with Gasteiger partial charge in [-0.1, -0.05) is 6.58 Å². The molecule has 0 aliphatic carbocycles. The van der Waals surface area contributed by atoms with Crippen LogP contribution in [0.15, 0.2) is 24.3 Å². The fourth-order valence-electron chi connectivity index (χ4n) is 1.36. The summed E-state index contributed by atoms with van der Waals surface area (Å²) in [6, 6.07) is 2.29. The molecule has 0 fully saturated rings. The molecule has 0 spiro atoms. The quantitative estimate of drug-likeness (QED) is 0.385. The number of phenolic OH excluding ortho intramolecular Hbond substituents is 2. The molecule has 1 aromatic carbocycles. The molecule has 0 atom stereocenters. The van der Waals surface area contributed by atoms with Crippen LogP contribution >= 0.6 is 0 Å². The van der Waals surface area contributed by atoms with Gasteiger partial charge in [0.1, 0.15) is 16.9 Å². The molecule has 0 radical (unpaired) electrons. The molecule has 0 aliphatic heterocycles. The number of rotatable bonds is 3. The zero-order valence-electron chi connectivity index (χ0n) is 12.4. The number of ether oxygens (including phenoxy) is 2. The topological polar surface area (TPSA) is 93.1 Å². The molecule has 1 rings (SSSR count). The van der Waals surface area contributed by atoms with Crippen molar-refractivity contribution in [3.05, 3.63) is 29.8 Å². The van der Waals surface area contributed by atoms with Crippen LogP contribution in [0.2, 0.25) is 0 Å². The fraction of sp³-hybridized carbons (Fsp3) is 0.333. The third-order valence-electron chi connectivity index (χ3n) is 2.27. The minimum absolute atomic E-state index is 0.123. The van der Waals surface area contributed by atoms with Crippen LogP contribution in [0.3, 0.4) is 0 Å². The Labute approximate surface area is 122 Å². The Kier molecular flexibility index (Phi) is 4.62. The average molecular weight is 294 g/mol. The zero-order chi connectivity index (χ0) is 16.4. The molecule has 1 aromatic rings. The normalized spacial score (nSPS) is 10.9. The predicted octanol–water partition coefficient (Wildman–Crippen LogP) is 2.53. The van der Waals surface area contributed by atoms with Gasteiger partial charge < -0.3 is 19.7 Å². The van der Waals surface area contributed by atoms with Crippen molar-refractivity contribution in [3.63, 3.8) is 0 Å². The second-order valence-electron chi connectivity index (χ2n) is 5.48. The molecule has 114 valence electrons. The largest absolute Gasteiger partial charge is 0.504 e. The lowest BCUT2D eigenvalue weighted by molar-refractivity contribution is -0.130. The van der Waals surface area contributed by atoms with Crippen LogP contribution in [0.1, 0.15) is 38.1 Å². The van der Waals surface area contributed by atoms with Crippen molar-refractivity contribution in [2.45, 2.75) is 33.3 Å². The first-order chi connectivity index (χ1) is 9.53. The van der Waals surface area contributed by atoms with E-state index in [4.69, 9.17) is 9.47 Å². The number of aromatic hydroxyl groups is 2. The molecular weight excluding hydrogens is 276 g/mol. The summed E-state index contributed by atoms with van der Waals surface area (Å²) in [7, 11) is 0. The van der Waals surface area contributed by atoms with Gasteiger partial charge >= 0.3 is 11.9 Å². The van der Waals surface area contributed by atoms with E-state index in [1.165, 1.54) is 13.0 Å². The van der Waals surface area contributed by atoms with Crippen molar-refractivity contribution in [1.29, 1.82) is 0 Å². The molecule has 6 heteroatoms. The van der Waals surface area contributed by atoms with Gasteiger partial charge in [0.2, 0.25) is 0 Å². The van der Waals surface area contributed by atoms with Gasteiger partial charge in [0.15, 0.2) is 11.5 Å². The Balaban J connectivity index is 3.27. The van der Waals surface area contributed by atoms with Crippen LogP contribution in [0.4, 0.5) is 0 Å². The maximum atomic E-state index is 12.1. The molecule has 0 bridgehead atoms. The van der Waals surface area contributed by atoms with Crippen LogP contribution in [-0.2, 0) is 9.53 Å². The number of phenols is 2. The summed E-state index contributed by atoms with van der Waals surface area (Å²) in [6.45, 7) is 9.79. The van der Waals surface area contributed by atoms with Gasteiger partial charge in [-0.2, -0.15) is 0 Å². The fourth-order valence-corrected chi connectivity index (χ4v) is 1.36. The Bertz CT molecular complexity index is 595. The Hall–Kier alpha value is -2.50. The smallest absolute Gasteiger partial charge is 0.346 e. The average Bonchev–Trinajstić information content (AvgIpc) is 2.31. The molecule has 6 nitrogen and oxygen atoms in total. The van der Waals surface area contributed by atoms with E-state index in [2.05, 4.69) is 6.58 Å². The summed E-state index contributed by atoms with van der Waals surface area (Å²) < 4.78 is 10.1. The van der Waals surface area contributed by atoms with Crippen molar-refractivity contribution < 1.29 is 29.3 Å². The van der Waals surface area contributed by atoms with E-state index < -0.39 is 34.6 Å². The third kappa shape index (κ3) is 4.24. The lowest BCUT2D eigenvalue weighted by Crippen LogP contribution is -2.24. The third-order valence-corrected chi connectivity index (χ3v) is 2.27. The molecule has 21 heavy (non-hydrogen) atoms. The van der Waals surface area contributed by atoms with E-state index in [1.807, 2.05) is 0 Å². The van der Waals surface area contributed by atoms with E-state index in [9.17, 15) is 19.8 Å². The van der Waals surface area contributed by atoms with E-state index in [1.54, 1.807) is 20.8 Å². The molecule has 0 heterocycles. The van der Waals surface area contributed by atoms with E-state index in [0.717, 1.165) is 6.07 Å². The number of benzene rings is 1. The summed E-state index contributed by atoms with van der Waals surface area (Å²) >= 11 is 0. The monoisotopic (exact) mass is 294 g/mol. The molecule has 0 unspecified atom stereocenters. The van der Waals surface area contributed by atoms with Crippen molar-refractivity contribution in [2.24, 2.45) is 0 Å². The molecule has 2 N–H and O–H groups in total. The summed E-state index contributed by atoms with van der Waals surface area (Å²) in [4.78, 5) is 23.6. The number of hydrogen-bond acceptors (Lipinski definition) is 6. The number of carbonyl (C=O) groups excluding carboxylic acids is 2. The van der Waals surface area contributed by atoms with E-state index in [0.29, 0.717) is 0 Å². The first-order valence-corrected chi connectivity index (χ1v) is 6.19. The first-order valence-electron chi connectivity index (χ1n) is 6.19. The number of esters is 2. The molecule has 0 aliphatic rings. The highest BCUT2D eigenvalue weighted by molar-refractivity contribution is 5.98. The summed E-state index contributed by atoms with van der Waals surface area (Å²) in [5, 5.41) is 19.3. The van der Waals surface area contributed by atoms with Gasteiger partial charge in [-0.25, -0.2) is 9.59 Å². The van der Waals surface area contributed by atoms with Crippen molar-refractivity contribution in [3.8, 4) is 17.2 Å². The Morgan fingerprint density at radius 1 is 1.19 bits per heavy atom.